The summed E-state index contributed by atoms with van der Waals surface area (Å²) in [5.74, 6) is 0.187. The van der Waals surface area contributed by atoms with Crippen LogP contribution in [0.25, 0.3) is 0 Å². The molecule has 7 nitrogen and oxygen atoms in total. The van der Waals surface area contributed by atoms with Crippen LogP contribution in [0.15, 0.2) is 58.3 Å². The van der Waals surface area contributed by atoms with Gasteiger partial charge in [-0.15, -0.1) is 0 Å². The third-order valence-corrected chi connectivity index (χ3v) is 7.34. The molecule has 0 aliphatic rings. The molecule has 0 aliphatic carbocycles. The van der Waals surface area contributed by atoms with Crippen molar-refractivity contribution >= 4 is 25.7 Å². The number of nitrogens with one attached hydrogen (secondary N) is 1. The first-order chi connectivity index (χ1) is 12.8. The fourth-order valence-corrected chi connectivity index (χ4v) is 5.25. The first kappa shape index (κ1) is 21.2. The lowest BCUT2D eigenvalue weighted by atomic mass is 10.3. The van der Waals surface area contributed by atoms with E-state index in [-0.39, 0.29) is 27.8 Å². The van der Waals surface area contributed by atoms with E-state index in [1.165, 1.54) is 34.6 Å². The van der Waals surface area contributed by atoms with Gasteiger partial charge in [0.05, 0.1) is 17.2 Å². The van der Waals surface area contributed by atoms with Gasteiger partial charge >= 0.3 is 0 Å². The highest BCUT2D eigenvalue weighted by Crippen LogP contribution is 2.31. The van der Waals surface area contributed by atoms with Gasteiger partial charge in [-0.05, 0) is 37.3 Å². The average Bonchev–Trinajstić information content (AvgIpc) is 2.64. The van der Waals surface area contributed by atoms with Crippen LogP contribution in [0.1, 0.15) is 20.8 Å². The van der Waals surface area contributed by atoms with Crippen LogP contribution in [0.2, 0.25) is 0 Å². The molecule has 0 bridgehead atoms. The summed E-state index contributed by atoms with van der Waals surface area (Å²) in [6.07, 6.45) is 0. The van der Waals surface area contributed by atoms with Gasteiger partial charge in [0.2, 0.25) is 10.0 Å². The van der Waals surface area contributed by atoms with E-state index in [2.05, 4.69) is 4.72 Å². The molecule has 0 saturated carbocycles. The van der Waals surface area contributed by atoms with Crippen molar-refractivity contribution in [3.05, 3.63) is 48.5 Å². The smallest absolute Gasteiger partial charge is 0.261 e. The van der Waals surface area contributed by atoms with E-state index in [4.69, 9.17) is 4.74 Å². The SMILES string of the molecule is CCOc1ccc(NS(=O)(=O)c2ccccc2)cc1S(=O)(=O)N(CC)CC. The molecule has 1 N–H and O–H groups in total. The molecule has 0 radical (unpaired) electrons. The van der Waals surface area contributed by atoms with Crippen LogP contribution in [0, 0.1) is 0 Å². The molecule has 0 saturated heterocycles. The summed E-state index contributed by atoms with van der Waals surface area (Å²) < 4.78 is 60.1. The van der Waals surface area contributed by atoms with Crippen LogP contribution in [-0.2, 0) is 20.0 Å². The Hall–Kier alpha value is -2.10. The average molecular weight is 413 g/mol. The monoisotopic (exact) mass is 412 g/mol. The summed E-state index contributed by atoms with van der Waals surface area (Å²) in [4.78, 5) is 0.0216. The molecule has 2 aromatic carbocycles. The van der Waals surface area contributed by atoms with Gasteiger partial charge in [0.1, 0.15) is 10.6 Å². The zero-order chi connectivity index (χ0) is 20.1. The summed E-state index contributed by atoms with van der Waals surface area (Å²) in [5.41, 5.74) is 0.146. The first-order valence-electron chi connectivity index (χ1n) is 8.61. The first-order valence-corrected chi connectivity index (χ1v) is 11.5. The molecule has 9 heteroatoms. The van der Waals surface area contributed by atoms with Crippen molar-refractivity contribution in [2.45, 2.75) is 30.6 Å². The molecular weight excluding hydrogens is 388 g/mol. The third kappa shape index (κ3) is 4.79. The van der Waals surface area contributed by atoms with Crippen LogP contribution < -0.4 is 9.46 Å². The molecule has 0 amide bonds. The van der Waals surface area contributed by atoms with E-state index >= 15 is 0 Å². The Morgan fingerprint density at radius 1 is 0.926 bits per heavy atom. The van der Waals surface area contributed by atoms with Crippen LogP contribution in [0.4, 0.5) is 5.69 Å². The predicted octanol–water partition coefficient (Wildman–Crippen LogP) is 2.92. The van der Waals surface area contributed by atoms with Gasteiger partial charge in [0, 0.05) is 13.1 Å². The van der Waals surface area contributed by atoms with Crippen molar-refractivity contribution in [1.82, 2.24) is 4.31 Å². The number of anilines is 1. The minimum Gasteiger partial charge on any atom is -0.492 e. The number of hydrogen-bond acceptors (Lipinski definition) is 5. The maximum atomic E-state index is 12.9. The fraction of sp³-hybridized carbons (Fsp3) is 0.333. The molecule has 0 atom stereocenters. The lowest BCUT2D eigenvalue weighted by Gasteiger charge is -2.21. The number of ether oxygens (including phenoxy) is 1. The highest BCUT2D eigenvalue weighted by molar-refractivity contribution is 7.92. The highest BCUT2D eigenvalue weighted by Gasteiger charge is 2.27. The molecule has 0 fully saturated rings. The van der Waals surface area contributed by atoms with Gasteiger partial charge in [-0.1, -0.05) is 32.0 Å². The van der Waals surface area contributed by atoms with E-state index in [9.17, 15) is 16.8 Å². The minimum absolute atomic E-state index is 0.0682. The number of benzene rings is 2. The number of rotatable bonds is 9. The summed E-state index contributed by atoms with van der Waals surface area (Å²) in [7, 11) is -7.65. The van der Waals surface area contributed by atoms with E-state index < -0.39 is 20.0 Å². The third-order valence-electron chi connectivity index (χ3n) is 3.87. The van der Waals surface area contributed by atoms with Crippen molar-refractivity contribution in [3.8, 4) is 5.75 Å². The Balaban J connectivity index is 2.49. The zero-order valence-corrected chi connectivity index (χ0v) is 17.2. The fourth-order valence-electron chi connectivity index (χ4n) is 2.56. The number of sulfonamides is 2. The van der Waals surface area contributed by atoms with Crippen LogP contribution >= 0.6 is 0 Å². The number of nitrogens with zero attached hydrogens (tertiary/aromatic N) is 1. The Kier molecular flexibility index (Phi) is 6.85. The normalized spacial score (nSPS) is 12.1. The molecule has 27 heavy (non-hydrogen) atoms. The zero-order valence-electron chi connectivity index (χ0n) is 15.5. The van der Waals surface area contributed by atoms with Crippen molar-refractivity contribution in [1.29, 1.82) is 0 Å². The summed E-state index contributed by atoms with van der Waals surface area (Å²) in [6, 6.07) is 12.1. The lowest BCUT2D eigenvalue weighted by Crippen LogP contribution is -2.31. The molecule has 2 aromatic rings. The van der Waals surface area contributed by atoms with Crippen LogP contribution in [-0.4, -0.2) is 40.8 Å². The maximum absolute atomic E-state index is 12.9. The van der Waals surface area contributed by atoms with Crippen molar-refractivity contribution < 1.29 is 21.6 Å². The minimum atomic E-state index is -3.83. The summed E-state index contributed by atoms with van der Waals surface area (Å²) in [6.45, 7) is 6.11. The largest absolute Gasteiger partial charge is 0.492 e. The van der Waals surface area contributed by atoms with E-state index in [1.807, 2.05) is 0 Å². The van der Waals surface area contributed by atoms with Crippen molar-refractivity contribution in [3.63, 3.8) is 0 Å². The Morgan fingerprint density at radius 3 is 2.11 bits per heavy atom. The molecule has 0 aliphatic heterocycles. The van der Waals surface area contributed by atoms with Gasteiger partial charge in [0.15, 0.2) is 0 Å². The molecular formula is C18H24N2O5S2. The second-order valence-corrected chi connectivity index (χ2v) is 9.19. The van der Waals surface area contributed by atoms with E-state index in [1.54, 1.807) is 39.0 Å². The quantitative estimate of drug-likeness (QED) is 0.684. The van der Waals surface area contributed by atoms with Gasteiger partial charge in [-0.3, -0.25) is 4.72 Å². The molecule has 148 valence electrons. The van der Waals surface area contributed by atoms with Crippen molar-refractivity contribution in [2.24, 2.45) is 0 Å². The molecule has 0 unspecified atom stereocenters. The van der Waals surface area contributed by atoms with E-state index in [0.717, 1.165) is 0 Å². The Labute approximate surface area is 161 Å². The molecule has 0 spiro atoms. The summed E-state index contributed by atoms with van der Waals surface area (Å²) in [5, 5.41) is 0. The van der Waals surface area contributed by atoms with Gasteiger partial charge in [-0.25, -0.2) is 16.8 Å². The molecule has 0 aromatic heterocycles. The summed E-state index contributed by atoms with van der Waals surface area (Å²) >= 11 is 0. The standard InChI is InChI=1S/C18H24N2O5S2/c1-4-20(5-2)27(23,24)18-14-15(12-13-17(18)25-6-3)19-26(21,22)16-10-8-7-9-11-16/h7-14,19H,4-6H2,1-3H3. The number of hydrogen-bond donors (Lipinski definition) is 1. The topological polar surface area (TPSA) is 92.8 Å². The van der Waals surface area contributed by atoms with Crippen LogP contribution in [0.5, 0.6) is 5.75 Å². The van der Waals surface area contributed by atoms with Gasteiger partial charge in [0.25, 0.3) is 10.0 Å². The van der Waals surface area contributed by atoms with Gasteiger partial charge < -0.3 is 4.74 Å². The van der Waals surface area contributed by atoms with Gasteiger partial charge in [-0.2, -0.15) is 4.31 Å². The molecule has 0 heterocycles. The second kappa shape index (κ2) is 8.73. The van der Waals surface area contributed by atoms with Crippen LogP contribution in [0.3, 0.4) is 0 Å². The molecule has 2 rings (SSSR count). The maximum Gasteiger partial charge on any atom is 0.261 e. The second-order valence-electron chi connectivity index (χ2n) is 5.60. The van der Waals surface area contributed by atoms with E-state index in [0.29, 0.717) is 13.1 Å². The Bertz CT molecular complexity index is 970. The Morgan fingerprint density at radius 2 is 1.56 bits per heavy atom. The van der Waals surface area contributed by atoms with Crippen molar-refractivity contribution in [2.75, 3.05) is 24.4 Å². The predicted molar refractivity (Wildman–Crippen MR) is 105 cm³/mol. The lowest BCUT2D eigenvalue weighted by molar-refractivity contribution is 0.329. The highest BCUT2D eigenvalue weighted by atomic mass is 32.2.